The van der Waals surface area contributed by atoms with Crippen molar-refractivity contribution in [3.05, 3.63) is 71.3 Å². The molecule has 0 aliphatic carbocycles. The fourth-order valence-electron chi connectivity index (χ4n) is 2.47. The SMILES string of the molecule is Cl.NCCCc1ccccc1CCCc1ccccc1. The van der Waals surface area contributed by atoms with E-state index in [1.54, 1.807) is 0 Å². The van der Waals surface area contributed by atoms with E-state index in [0.29, 0.717) is 0 Å². The minimum atomic E-state index is 0. The number of rotatable bonds is 7. The van der Waals surface area contributed by atoms with Gasteiger partial charge in [0.2, 0.25) is 0 Å². The van der Waals surface area contributed by atoms with Crippen molar-refractivity contribution >= 4 is 12.4 Å². The van der Waals surface area contributed by atoms with Crippen LogP contribution in [0.3, 0.4) is 0 Å². The molecule has 108 valence electrons. The van der Waals surface area contributed by atoms with E-state index < -0.39 is 0 Å². The van der Waals surface area contributed by atoms with Crippen LogP contribution in [0.15, 0.2) is 54.6 Å². The second kappa shape index (κ2) is 9.57. The third-order valence-corrected chi connectivity index (χ3v) is 3.52. The standard InChI is InChI=1S/C18H23N.ClH/c19-15-7-14-18-12-5-4-11-17(18)13-6-10-16-8-2-1-3-9-16;/h1-5,8-9,11-12H,6-7,10,13-15,19H2;1H. The molecular formula is C18H24ClN. The van der Waals surface area contributed by atoms with Crippen LogP contribution in [0.1, 0.15) is 29.5 Å². The molecule has 2 N–H and O–H groups in total. The summed E-state index contributed by atoms with van der Waals surface area (Å²) in [7, 11) is 0. The van der Waals surface area contributed by atoms with Gasteiger partial charge in [-0.1, -0.05) is 54.6 Å². The van der Waals surface area contributed by atoms with Gasteiger partial charge in [0.25, 0.3) is 0 Å². The van der Waals surface area contributed by atoms with E-state index >= 15 is 0 Å². The van der Waals surface area contributed by atoms with Gasteiger partial charge in [0.1, 0.15) is 0 Å². The van der Waals surface area contributed by atoms with E-state index in [1.165, 1.54) is 23.1 Å². The largest absolute Gasteiger partial charge is 0.330 e. The maximum absolute atomic E-state index is 5.60. The van der Waals surface area contributed by atoms with Crippen LogP contribution in [0, 0.1) is 0 Å². The quantitative estimate of drug-likeness (QED) is 0.813. The molecule has 1 nitrogen and oxygen atoms in total. The zero-order valence-corrected chi connectivity index (χ0v) is 12.7. The highest BCUT2D eigenvalue weighted by atomic mass is 35.5. The number of hydrogen-bond donors (Lipinski definition) is 1. The molecule has 0 aliphatic rings. The molecule has 2 rings (SSSR count). The van der Waals surface area contributed by atoms with Gasteiger partial charge in [0.05, 0.1) is 0 Å². The summed E-state index contributed by atoms with van der Waals surface area (Å²) in [4.78, 5) is 0. The highest BCUT2D eigenvalue weighted by Gasteiger charge is 2.01. The zero-order valence-electron chi connectivity index (χ0n) is 11.9. The molecule has 0 bridgehead atoms. The lowest BCUT2D eigenvalue weighted by Gasteiger charge is -2.09. The van der Waals surface area contributed by atoms with Crippen LogP contribution < -0.4 is 5.73 Å². The molecule has 0 aliphatic heterocycles. The number of nitrogens with two attached hydrogens (primary N) is 1. The highest BCUT2D eigenvalue weighted by molar-refractivity contribution is 5.85. The first-order valence-electron chi connectivity index (χ1n) is 7.21. The lowest BCUT2D eigenvalue weighted by atomic mass is 9.97. The molecule has 0 fully saturated rings. The van der Waals surface area contributed by atoms with Crippen LogP contribution in [0.4, 0.5) is 0 Å². The van der Waals surface area contributed by atoms with Gasteiger partial charge in [-0.3, -0.25) is 0 Å². The van der Waals surface area contributed by atoms with Gasteiger partial charge in [0, 0.05) is 0 Å². The topological polar surface area (TPSA) is 26.0 Å². The Kier molecular flexibility index (Phi) is 8.01. The molecule has 0 aromatic heterocycles. The van der Waals surface area contributed by atoms with E-state index in [-0.39, 0.29) is 12.4 Å². The first kappa shape index (κ1) is 16.7. The minimum absolute atomic E-state index is 0. The predicted octanol–water partition coefficient (Wildman–Crippen LogP) is 4.18. The molecule has 0 radical (unpaired) electrons. The Morgan fingerprint density at radius 2 is 1.20 bits per heavy atom. The second-order valence-electron chi connectivity index (χ2n) is 5.00. The van der Waals surface area contributed by atoms with Crippen molar-refractivity contribution in [2.45, 2.75) is 32.1 Å². The average Bonchev–Trinajstić information content (AvgIpc) is 2.47. The lowest BCUT2D eigenvalue weighted by Crippen LogP contribution is -2.02. The van der Waals surface area contributed by atoms with Gasteiger partial charge in [-0.15, -0.1) is 12.4 Å². The maximum atomic E-state index is 5.60. The van der Waals surface area contributed by atoms with Crippen LogP contribution in [0.2, 0.25) is 0 Å². The van der Waals surface area contributed by atoms with E-state index in [4.69, 9.17) is 5.73 Å². The van der Waals surface area contributed by atoms with Gasteiger partial charge >= 0.3 is 0 Å². The van der Waals surface area contributed by atoms with E-state index in [9.17, 15) is 0 Å². The Morgan fingerprint density at radius 3 is 1.80 bits per heavy atom. The molecule has 0 saturated carbocycles. The average molecular weight is 290 g/mol. The van der Waals surface area contributed by atoms with Gasteiger partial charge in [-0.05, 0) is 55.3 Å². The predicted molar refractivity (Wildman–Crippen MR) is 89.5 cm³/mol. The molecule has 0 unspecified atom stereocenters. The number of hydrogen-bond acceptors (Lipinski definition) is 1. The van der Waals surface area contributed by atoms with Gasteiger partial charge in [-0.2, -0.15) is 0 Å². The molecule has 0 atom stereocenters. The molecule has 0 amide bonds. The third kappa shape index (κ3) is 5.36. The summed E-state index contributed by atoms with van der Waals surface area (Å²) in [5.41, 5.74) is 10.0. The van der Waals surface area contributed by atoms with E-state index in [2.05, 4.69) is 54.6 Å². The van der Waals surface area contributed by atoms with Gasteiger partial charge < -0.3 is 5.73 Å². The van der Waals surface area contributed by atoms with E-state index in [0.717, 1.165) is 32.2 Å². The first-order chi connectivity index (χ1) is 9.40. The van der Waals surface area contributed by atoms with Crippen molar-refractivity contribution in [3.63, 3.8) is 0 Å². The Bertz CT molecular complexity index is 482. The second-order valence-corrected chi connectivity index (χ2v) is 5.00. The fraction of sp³-hybridized carbons (Fsp3) is 0.333. The van der Waals surface area contributed by atoms with Crippen molar-refractivity contribution < 1.29 is 0 Å². The third-order valence-electron chi connectivity index (χ3n) is 3.52. The molecule has 20 heavy (non-hydrogen) atoms. The van der Waals surface area contributed by atoms with E-state index in [1.807, 2.05) is 0 Å². The van der Waals surface area contributed by atoms with Gasteiger partial charge in [-0.25, -0.2) is 0 Å². The molecule has 0 spiro atoms. The lowest BCUT2D eigenvalue weighted by molar-refractivity contribution is 0.785. The molecule has 2 aromatic carbocycles. The molecule has 2 aromatic rings. The minimum Gasteiger partial charge on any atom is -0.330 e. The van der Waals surface area contributed by atoms with Crippen LogP contribution in [-0.4, -0.2) is 6.54 Å². The van der Waals surface area contributed by atoms with Crippen molar-refractivity contribution in [3.8, 4) is 0 Å². The van der Waals surface area contributed by atoms with Gasteiger partial charge in [0.15, 0.2) is 0 Å². The fourth-order valence-corrected chi connectivity index (χ4v) is 2.47. The Balaban J connectivity index is 0.00000200. The van der Waals surface area contributed by atoms with Crippen molar-refractivity contribution in [2.75, 3.05) is 6.54 Å². The molecule has 0 saturated heterocycles. The normalized spacial score (nSPS) is 10.1. The summed E-state index contributed by atoms with van der Waals surface area (Å²) in [6.45, 7) is 0.776. The molecule has 2 heteroatoms. The summed E-state index contributed by atoms with van der Waals surface area (Å²) in [6, 6.07) is 19.5. The van der Waals surface area contributed by atoms with Crippen molar-refractivity contribution in [1.82, 2.24) is 0 Å². The van der Waals surface area contributed by atoms with Crippen molar-refractivity contribution in [2.24, 2.45) is 5.73 Å². The summed E-state index contributed by atoms with van der Waals surface area (Å²) >= 11 is 0. The van der Waals surface area contributed by atoms with Crippen molar-refractivity contribution in [1.29, 1.82) is 0 Å². The summed E-state index contributed by atoms with van der Waals surface area (Å²) in [6.07, 6.45) is 5.72. The first-order valence-corrected chi connectivity index (χ1v) is 7.21. The Morgan fingerprint density at radius 1 is 0.650 bits per heavy atom. The summed E-state index contributed by atoms with van der Waals surface area (Å²) in [5.74, 6) is 0. The summed E-state index contributed by atoms with van der Waals surface area (Å²) in [5, 5.41) is 0. The number of halogens is 1. The Labute approximate surface area is 128 Å². The summed E-state index contributed by atoms with van der Waals surface area (Å²) < 4.78 is 0. The van der Waals surface area contributed by atoms with Crippen LogP contribution in [0.5, 0.6) is 0 Å². The smallest absolute Gasteiger partial charge is 0.00741 e. The maximum Gasteiger partial charge on any atom is -0.00741 e. The highest BCUT2D eigenvalue weighted by Crippen LogP contribution is 2.14. The zero-order chi connectivity index (χ0) is 13.3. The Hall–Kier alpha value is -1.31. The van der Waals surface area contributed by atoms with Crippen LogP contribution >= 0.6 is 12.4 Å². The monoisotopic (exact) mass is 289 g/mol. The molecular weight excluding hydrogens is 266 g/mol. The number of benzene rings is 2. The van der Waals surface area contributed by atoms with Crippen LogP contribution in [-0.2, 0) is 19.3 Å². The molecule has 0 heterocycles. The number of aryl methyl sites for hydroxylation is 3. The van der Waals surface area contributed by atoms with Crippen LogP contribution in [0.25, 0.3) is 0 Å².